The van der Waals surface area contributed by atoms with E-state index in [-0.39, 0.29) is 5.78 Å². The van der Waals surface area contributed by atoms with Crippen LogP contribution < -0.4 is 10.6 Å². The molecule has 6 aromatic rings. The normalized spacial score (nSPS) is 10.8. The predicted octanol–water partition coefficient (Wildman–Crippen LogP) is 8.83. The van der Waals surface area contributed by atoms with Gasteiger partial charge in [0, 0.05) is 43.4 Å². The van der Waals surface area contributed by atoms with E-state index in [9.17, 15) is 9.59 Å². The maximum absolute atomic E-state index is 13.4. The fraction of sp³-hybridized carbons (Fsp3) is 0. The molecule has 8 heteroatoms. The number of carbonyl (C=O) groups is 2. The second kappa shape index (κ2) is 11.8. The third-order valence-electron chi connectivity index (χ3n) is 6.60. The highest BCUT2D eigenvalue weighted by molar-refractivity contribution is 6.31. The third kappa shape index (κ3) is 5.86. The number of nitrogens with one attached hydrogen (secondary N) is 2. The van der Waals surface area contributed by atoms with E-state index in [1.807, 2.05) is 54.6 Å². The fourth-order valence-electron chi connectivity index (χ4n) is 4.60. The first-order chi connectivity index (χ1) is 20.4. The monoisotopic (exact) mass is 588 g/mol. The smallest absolute Gasteiger partial charge is 0.255 e. The van der Waals surface area contributed by atoms with Crippen molar-refractivity contribution in [3.63, 3.8) is 0 Å². The molecule has 0 saturated carbocycles. The fourth-order valence-corrected chi connectivity index (χ4v) is 4.94. The van der Waals surface area contributed by atoms with Gasteiger partial charge in [0.25, 0.3) is 5.91 Å². The Morgan fingerprint density at radius 2 is 1.33 bits per heavy atom. The highest BCUT2D eigenvalue weighted by atomic mass is 35.5. The number of halogens is 2. The van der Waals surface area contributed by atoms with Crippen molar-refractivity contribution in [3.8, 4) is 11.3 Å². The molecule has 6 nitrogen and oxygen atoms in total. The zero-order valence-corrected chi connectivity index (χ0v) is 23.5. The molecule has 0 aliphatic heterocycles. The number of nitrogens with zero attached hydrogens (tertiary/aromatic N) is 2. The molecule has 5 aromatic carbocycles. The summed E-state index contributed by atoms with van der Waals surface area (Å²) in [6.07, 6.45) is 0. The minimum Gasteiger partial charge on any atom is -0.324 e. The first kappa shape index (κ1) is 27.1. The molecular weight excluding hydrogens is 567 g/mol. The Kier molecular flexibility index (Phi) is 7.64. The number of hydrogen-bond acceptors (Lipinski definition) is 5. The Morgan fingerprint density at radius 3 is 2.12 bits per heavy atom. The minimum atomic E-state index is -0.404. The Hall–Kier alpha value is -5.04. The van der Waals surface area contributed by atoms with Crippen LogP contribution in [0.2, 0.25) is 10.0 Å². The summed E-state index contributed by atoms with van der Waals surface area (Å²) in [5.41, 5.74) is 4.51. The Bertz CT molecular complexity index is 1950. The number of anilines is 3. The molecule has 204 valence electrons. The van der Waals surface area contributed by atoms with Gasteiger partial charge in [-0.1, -0.05) is 89.9 Å². The SMILES string of the molecule is O=C(Nc1cc(Cl)ccc1C(=O)c1ccccc1)c1cccc(Nc2nc(-c3ccccc3)c3ccc(Cl)cc3n2)c1. The first-order valence-electron chi connectivity index (χ1n) is 13.0. The van der Waals surface area contributed by atoms with Crippen LogP contribution in [-0.2, 0) is 0 Å². The highest BCUT2D eigenvalue weighted by Gasteiger charge is 2.17. The van der Waals surface area contributed by atoms with Gasteiger partial charge in [0.05, 0.1) is 16.9 Å². The van der Waals surface area contributed by atoms with Crippen LogP contribution in [-0.4, -0.2) is 21.7 Å². The number of ketones is 1. The van der Waals surface area contributed by atoms with Crippen LogP contribution in [0.3, 0.4) is 0 Å². The lowest BCUT2D eigenvalue weighted by atomic mass is 10.0. The lowest BCUT2D eigenvalue weighted by molar-refractivity contribution is 0.102. The van der Waals surface area contributed by atoms with E-state index in [1.165, 1.54) is 0 Å². The van der Waals surface area contributed by atoms with E-state index in [2.05, 4.69) is 15.6 Å². The van der Waals surface area contributed by atoms with Gasteiger partial charge >= 0.3 is 0 Å². The van der Waals surface area contributed by atoms with Crippen LogP contribution >= 0.6 is 23.2 Å². The van der Waals surface area contributed by atoms with E-state index >= 15 is 0 Å². The van der Waals surface area contributed by atoms with E-state index in [0.717, 1.165) is 16.6 Å². The number of benzene rings is 5. The zero-order valence-electron chi connectivity index (χ0n) is 22.0. The van der Waals surface area contributed by atoms with Gasteiger partial charge in [0.1, 0.15) is 0 Å². The average Bonchev–Trinajstić information content (AvgIpc) is 3.01. The van der Waals surface area contributed by atoms with Gasteiger partial charge < -0.3 is 10.6 Å². The molecule has 1 amide bonds. The standard InChI is InChI=1S/C34H22Cl2N4O2/c35-24-14-16-27-29(19-24)39-34(40-31(27)21-8-3-1-4-9-21)37-26-13-7-12-23(18-26)33(42)38-30-20-25(36)15-17-28(30)32(41)22-10-5-2-6-11-22/h1-20H,(H,38,42)(H,37,39,40). The molecule has 0 fully saturated rings. The molecule has 0 atom stereocenters. The van der Waals surface area contributed by atoms with Crippen LogP contribution in [0.15, 0.2) is 121 Å². The largest absolute Gasteiger partial charge is 0.324 e. The van der Waals surface area contributed by atoms with Crippen molar-refractivity contribution in [1.29, 1.82) is 0 Å². The van der Waals surface area contributed by atoms with Gasteiger partial charge in [-0.15, -0.1) is 0 Å². The van der Waals surface area contributed by atoms with Crippen molar-refractivity contribution >= 4 is 63.1 Å². The molecule has 0 unspecified atom stereocenters. The Balaban J connectivity index is 1.29. The molecule has 1 aromatic heterocycles. The molecule has 2 N–H and O–H groups in total. The van der Waals surface area contributed by atoms with E-state index in [4.69, 9.17) is 28.2 Å². The highest BCUT2D eigenvalue weighted by Crippen LogP contribution is 2.30. The summed E-state index contributed by atoms with van der Waals surface area (Å²) in [5.74, 6) is -0.272. The first-order valence-corrected chi connectivity index (χ1v) is 13.8. The summed E-state index contributed by atoms with van der Waals surface area (Å²) in [4.78, 5) is 36.0. The van der Waals surface area contributed by atoms with Crippen LogP contribution in [0.4, 0.5) is 17.3 Å². The summed E-state index contributed by atoms with van der Waals surface area (Å²) < 4.78 is 0. The van der Waals surface area contributed by atoms with Crippen molar-refractivity contribution in [2.45, 2.75) is 0 Å². The lowest BCUT2D eigenvalue weighted by Gasteiger charge is -2.13. The average molecular weight is 589 g/mol. The van der Waals surface area contributed by atoms with Crippen molar-refractivity contribution in [2.24, 2.45) is 0 Å². The van der Waals surface area contributed by atoms with Crippen LogP contribution in [0.25, 0.3) is 22.2 Å². The number of fused-ring (bicyclic) bond motifs is 1. The molecule has 0 spiro atoms. The Labute approximate surface area is 252 Å². The van der Waals surface area contributed by atoms with E-state index < -0.39 is 5.91 Å². The zero-order chi connectivity index (χ0) is 29.1. The summed E-state index contributed by atoms with van der Waals surface area (Å²) in [5, 5.41) is 7.91. The molecular formula is C34H22Cl2N4O2. The maximum Gasteiger partial charge on any atom is 0.255 e. The quantitative estimate of drug-likeness (QED) is 0.182. The van der Waals surface area contributed by atoms with Gasteiger partial charge in [-0.2, -0.15) is 0 Å². The van der Waals surface area contributed by atoms with Gasteiger partial charge in [-0.3, -0.25) is 9.59 Å². The van der Waals surface area contributed by atoms with E-state index in [0.29, 0.717) is 49.6 Å². The number of amides is 1. The summed E-state index contributed by atoms with van der Waals surface area (Å²) in [6, 6.07) is 35.9. The minimum absolute atomic E-state index is 0.222. The maximum atomic E-state index is 13.4. The molecule has 6 rings (SSSR count). The van der Waals surface area contributed by atoms with Crippen LogP contribution in [0.1, 0.15) is 26.3 Å². The predicted molar refractivity (Wildman–Crippen MR) is 169 cm³/mol. The summed E-state index contributed by atoms with van der Waals surface area (Å²) in [7, 11) is 0. The molecule has 42 heavy (non-hydrogen) atoms. The molecule has 0 aliphatic carbocycles. The number of aromatic nitrogens is 2. The van der Waals surface area contributed by atoms with Crippen molar-refractivity contribution in [2.75, 3.05) is 10.6 Å². The lowest BCUT2D eigenvalue weighted by Crippen LogP contribution is -2.15. The van der Waals surface area contributed by atoms with Crippen molar-refractivity contribution in [1.82, 2.24) is 9.97 Å². The second-order valence-corrected chi connectivity index (χ2v) is 10.3. The van der Waals surface area contributed by atoms with E-state index in [1.54, 1.807) is 66.7 Å². The molecule has 0 bridgehead atoms. The van der Waals surface area contributed by atoms with Gasteiger partial charge in [-0.05, 0) is 54.6 Å². The van der Waals surface area contributed by atoms with Gasteiger partial charge in [-0.25, -0.2) is 9.97 Å². The van der Waals surface area contributed by atoms with Gasteiger partial charge in [0.15, 0.2) is 5.78 Å². The number of carbonyl (C=O) groups excluding carboxylic acids is 2. The molecule has 0 radical (unpaired) electrons. The summed E-state index contributed by atoms with van der Waals surface area (Å²) >= 11 is 12.5. The Morgan fingerprint density at radius 1 is 0.643 bits per heavy atom. The van der Waals surface area contributed by atoms with Crippen LogP contribution in [0, 0.1) is 0 Å². The molecule has 0 saturated heterocycles. The molecule has 0 aliphatic rings. The summed E-state index contributed by atoms with van der Waals surface area (Å²) in [6.45, 7) is 0. The second-order valence-electron chi connectivity index (χ2n) is 9.47. The van der Waals surface area contributed by atoms with Crippen molar-refractivity contribution < 1.29 is 9.59 Å². The molecule has 1 heterocycles. The topological polar surface area (TPSA) is 84.0 Å². The number of hydrogen-bond donors (Lipinski definition) is 2. The van der Waals surface area contributed by atoms with Gasteiger partial charge in [0.2, 0.25) is 5.95 Å². The van der Waals surface area contributed by atoms with Crippen molar-refractivity contribution in [3.05, 3.63) is 148 Å². The number of rotatable bonds is 7. The van der Waals surface area contributed by atoms with Crippen LogP contribution in [0.5, 0.6) is 0 Å². The third-order valence-corrected chi connectivity index (χ3v) is 7.07.